The first kappa shape index (κ1) is 18.2. The second kappa shape index (κ2) is 9.21. The van der Waals surface area contributed by atoms with Crippen LogP contribution < -0.4 is 10.6 Å². The van der Waals surface area contributed by atoms with E-state index in [1.807, 2.05) is 34.8 Å². The normalized spacial score (nSPS) is 15.6. The van der Waals surface area contributed by atoms with Gasteiger partial charge in [0.15, 0.2) is 5.65 Å². The van der Waals surface area contributed by atoms with Crippen LogP contribution in [0.4, 0.5) is 5.82 Å². The predicted octanol–water partition coefficient (Wildman–Crippen LogP) is 2.24. The Labute approximate surface area is 148 Å². The largest absolute Gasteiger partial charge is 0.354 e. The number of hydrogen-bond donors (Lipinski definition) is 1. The maximum Gasteiger partial charge on any atom is 0.154 e. The zero-order valence-corrected chi connectivity index (χ0v) is 14.1. The molecule has 0 saturated carbocycles. The van der Waals surface area contributed by atoms with Crippen molar-refractivity contribution in [2.45, 2.75) is 12.5 Å². The molecule has 3 aromatic rings. The number of imidazole rings is 1. The first-order chi connectivity index (χ1) is 12.3. The monoisotopic (exact) mass is 334 g/mol. The van der Waals surface area contributed by atoms with Gasteiger partial charge in [-0.1, -0.05) is 12.6 Å². The predicted molar refractivity (Wildman–Crippen MR) is 102 cm³/mol. The summed E-state index contributed by atoms with van der Waals surface area (Å²) < 4.78 is 1.81. The van der Waals surface area contributed by atoms with Crippen LogP contribution in [0.15, 0.2) is 55.5 Å². The number of rotatable bonds is 2. The number of anilines is 1. The average Bonchev–Trinajstić information content (AvgIpc) is 3.30. The third-order valence-electron chi connectivity index (χ3n) is 3.70. The molecule has 0 amide bonds. The standard InChI is InChI=1S/C12H15N5.C5H5N.C2H2/c1-2-10-7-14-11-3-4-12(15-17(10)11)16-6-5-9(13)8-16;1-2-4-6-5-3-1;1-2/h2-4,7,9H,1,5-6,8,13H2;1-5H;1-2H/t9-;;/m0../s1. The highest BCUT2D eigenvalue weighted by Crippen LogP contribution is 2.18. The minimum Gasteiger partial charge on any atom is -0.354 e. The molecule has 3 aromatic heterocycles. The van der Waals surface area contributed by atoms with Gasteiger partial charge in [0.1, 0.15) is 5.82 Å². The average molecular weight is 334 g/mol. The Balaban J connectivity index is 0.000000237. The molecule has 25 heavy (non-hydrogen) atoms. The zero-order valence-electron chi connectivity index (χ0n) is 14.1. The van der Waals surface area contributed by atoms with Gasteiger partial charge in [0.05, 0.1) is 11.9 Å². The molecule has 6 heteroatoms. The van der Waals surface area contributed by atoms with Crippen molar-refractivity contribution >= 4 is 17.5 Å². The quantitative estimate of drug-likeness (QED) is 0.728. The molecule has 2 N–H and O–H groups in total. The summed E-state index contributed by atoms with van der Waals surface area (Å²) in [6.07, 6.45) is 16.1. The second-order valence-corrected chi connectivity index (χ2v) is 5.37. The summed E-state index contributed by atoms with van der Waals surface area (Å²) in [7, 11) is 0. The molecule has 4 rings (SSSR count). The molecule has 6 nitrogen and oxygen atoms in total. The van der Waals surface area contributed by atoms with E-state index in [0.29, 0.717) is 0 Å². The third-order valence-corrected chi connectivity index (χ3v) is 3.70. The fraction of sp³-hybridized carbons (Fsp3) is 0.211. The number of nitrogens with zero attached hydrogens (tertiary/aromatic N) is 5. The van der Waals surface area contributed by atoms with E-state index in [1.165, 1.54) is 0 Å². The molecule has 0 aromatic carbocycles. The summed E-state index contributed by atoms with van der Waals surface area (Å²) in [6.45, 7) is 5.60. The number of hydrogen-bond acceptors (Lipinski definition) is 5. The van der Waals surface area contributed by atoms with E-state index in [-0.39, 0.29) is 6.04 Å². The maximum absolute atomic E-state index is 5.91. The third kappa shape index (κ3) is 4.66. The lowest BCUT2D eigenvalue weighted by molar-refractivity contribution is 0.750. The molecule has 0 spiro atoms. The van der Waals surface area contributed by atoms with Crippen molar-refractivity contribution in [2.75, 3.05) is 18.0 Å². The summed E-state index contributed by atoms with van der Waals surface area (Å²) in [6, 6.07) is 9.94. The summed E-state index contributed by atoms with van der Waals surface area (Å²) in [5, 5.41) is 4.58. The van der Waals surface area contributed by atoms with Gasteiger partial charge in [-0.25, -0.2) is 9.50 Å². The minimum absolute atomic E-state index is 0.258. The van der Waals surface area contributed by atoms with Crippen LogP contribution >= 0.6 is 0 Å². The van der Waals surface area contributed by atoms with Crippen LogP contribution in [-0.2, 0) is 0 Å². The molecule has 128 valence electrons. The van der Waals surface area contributed by atoms with Gasteiger partial charge in [0.25, 0.3) is 0 Å². The van der Waals surface area contributed by atoms with Crippen LogP contribution in [0.25, 0.3) is 11.7 Å². The van der Waals surface area contributed by atoms with Gasteiger partial charge < -0.3 is 10.6 Å². The van der Waals surface area contributed by atoms with Gasteiger partial charge in [0, 0.05) is 31.5 Å². The van der Waals surface area contributed by atoms with Crippen LogP contribution in [0.2, 0.25) is 0 Å². The Morgan fingerprint density at radius 1 is 1.20 bits per heavy atom. The fourth-order valence-electron chi connectivity index (χ4n) is 2.50. The van der Waals surface area contributed by atoms with Crippen LogP contribution in [0, 0.1) is 12.8 Å². The summed E-state index contributed by atoms with van der Waals surface area (Å²) >= 11 is 0. The van der Waals surface area contributed by atoms with Crippen molar-refractivity contribution in [1.29, 1.82) is 0 Å². The molecule has 1 aliphatic heterocycles. The molecule has 0 radical (unpaired) electrons. The van der Waals surface area contributed by atoms with Gasteiger partial charge in [-0.05, 0) is 36.8 Å². The molecule has 1 fully saturated rings. The first-order valence-corrected chi connectivity index (χ1v) is 7.94. The Hall–Kier alpha value is -3.17. The van der Waals surface area contributed by atoms with Crippen LogP contribution in [-0.4, -0.2) is 38.7 Å². The van der Waals surface area contributed by atoms with Crippen molar-refractivity contribution in [3.05, 3.63) is 61.2 Å². The molecule has 1 atom stereocenters. The van der Waals surface area contributed by atoms with E-state index in [1.54, 1.807) is 24.7 Å². The number of pyridine rings is 1. The molecule has 4 heterocycles. The van der Waals surface area contributed by atoms with E-state index in [4.69, 9.17) is 5.73 Å². The topological polar surface area (TPSA) is 72.3 Å². The molecule has 0 aliphatic carbocycles. The van der Waals surface area contributed by atoms with E-state index in [2.05, 4.69) is 39.4 Å². The Kier molecular flexibility index (Phi) is 6.69. The molecule has 0 bridgehead atoms. The van der Waals surface area contributed by atoms with Crippen LogP contribution in [0.5, 0.6) is 0 Å². The van der Waals surface area contributed by atoms with Gasteiger partial charge in [-0.15, -0.1) is 17.9 Å². The first-order valence-electron chi connectivity index (χ1n) is 7.94. The van der Waals surface area contributed by atoms with Crippen LogP contribution in [0.3, 0.4) is 0 Å². The second-order valence-electron chi connectivity index (χ2n) is 5.37. The highest BCUT2D eigenvalue weighted by molar-refractivity contribution is 5.53. The van der Waals surface area contributed by atoms with Gasteiger partial charge in [0.2, 0.25) is 0 Å². The number of fused-ring (bicyclic) bond motifs is 1. The molecular formula is C19H22N6. The van der Waals surface area contributed by atoms with Gasteiger partial charge in [-0.2, -0.15) is 0 Å². The number of terminal acetylenes is 1. The Morgan fingerprint density at radius 3 is 2.48 bits per heavy atom. The lowest BCUT2D eigenvalue weighted by Gasteiger charge is -2.16. The fourth-order valence-corrected chi connectivity index (χ4v) is 2.50. The molecule has 1 saturated heterocycles. The molecule has 0 unspecified atom stereocenters. The Bertz CT molecular complexity index is 782. The number of nitrogens with two attached hydrogens (primary N) is 1. The molecule has 1 aliphatic rings. The van der Waals surface area contributed by atoms with Crippen molar-refractivity contribution in [2.24, 2.45) is 5.73 Å². The summed E-state index contributed by atoms with van der Waals surface area (Å²) in [4.78, 5) is 10.2. The van der Waals surface area contributed by atoms with Crippen molar-refractivity contribution in [1.82, 2.24) is 19.6 Å². The maximum atomic E-state index is 5.91. The SMILES string of the molecule is C#C.C=Cc1cnc2ccc(N3CC[C@H](N)C3)nn12.c1ccncc1. The van der Waals surface area contributed by atoms with E-state index < -0.39 is 0 Å². The van der Waals surface area contributed by atoms with E-state index in [0.717, 1.165) is 36.7 Å². The smallest absolute Gasteiger partial charge is 0.154 e. The van der Waals surface area contributed by atoms with Gasteiger partial charge >= 0.3 is 0 Å². The van der Waals surface area contributed by atoms with Crippen molar-refractivity contribution in [3.8, 4) is 12.8 Å². The zero-order chi connectivity index (χ0) is 18.1. The van der Waals surface area contributed by atoms with E-state index in [9.17, 15) is 0 Å². The summed E-state index contributed by atoms with van der Waals surface area (Å²) in [5.41, 5.74) is 7.65. The number of aromatic nitrogens is 4. The van der Waals surface area contributed by atoms with Crippen molar-refractivity contribution in [3.63, 3.8) is 0 Å². The lowest BCUT2D eigenvalue weighted by atomic mass is 10.3. The van der Waals surface area contributed by atoms with E-state index >= 15 is 0 Å². The van der Waals surface area contributed by atoms with Crippen LogP contribution in [0.1, 0.15) is 12.1 Å². The lowest BCUT2D eigenvalue weighted by Crippen LogP contribution is -2.27. The Morgan fingerprint density at radius 2 is 1.96 bits per heavy atom. The minimum atomic E-state index is 0.258. The summed E-state index contributed by atoms with van der Waals surface area (Å²) in [5.74, 6) is 0.951. The highest BCUT2D eigenvalue weighted by Gasteiger charge is 2.20. The molecular weight excluding hydrogens is 312 g/mol. The van der Waals surface area contributed by atoms with Crippen molar-refractivity contribution < 1.29 is 0 Å². The highest BCUT2D eigenvalue weighted by atomic mass is 15.3. The van der Waals surface area contributed by atoms with Gasteiger partial charge in [-0.3, -0.25) is 4.98 Å².